The maximum atomic E-state index is 6.71. The van der Waals surface area contributed by atoms with Crippen LogP contribution >= 0.6 is 62.4 Å². The average molecular weight is 749 g/mol. The van der Waals surface area contributed by atoms with Crippen LogP contribution in [0.4, 0.5) is 0 Å². The molecule has 0 N–H and O–H groups in total. The molecular formula is C37H31Cl4FeNP2. The van der Waals surface area contributed by atoms with Gasteiger partial charge in [0.25, 0.3) is 0 Å². The Labute approximate surface area is 276 Å². The second-order valence-electron chi connectivity index (χ2n) is 17.6. The summed E-state index contributed by atoms with van der Waals surface area (Å²) >= 11 is 26.8. The molecule has 6 atom stereocenters. The van der Waals surface area contributed by atoms with Gasteiger partial charge in [-0.25, -0.2) is 0 Å². The van der Waals surface area contributed by atoms with Gasteiger partial charge in [0.1, 0.15) is 0 Å². The molecule has 10 aliphatic rings. The van der Waals surface area contributed by atoms with Gasteiger partial charge in [0.2, 0.25) is 0 Å². The van der Waals surface area contributed by atoms with Gasteiger partial charge in [0.15, 0.2) is 0 Å². The first-order valence-corrected chi connectivity index (χ1v) is 26.4. The molecule has 4 aromatic rings. The molecule has 10 aliphatic heterocycles. The van der Waals surface area contributed by atoms with E-state index in [1.54, 1.807) is 10.6 Å². The monoisotopic (exact) mass is 747 g/mol. The molecule has 0 aliphatic carbocycles. The fourth-order valence-corrected chi connectivity index (χ4v) is 118. The van der Waals surface area contributed by atoms with Crippen molar-refractivity contribution in [1.29, 1.82) is 0 Å². The number of benzene rings is 4. The van der Waals surface area contributed by atoms with E-state index in [9.17, 15) is 0 Å². The first kappa shape index (κ1) is 25.4. The molecule has 0 amide bonds. The zero-order valence-corrected chi connectivity index (χ0v) is 30.6. The molecule has 4 aromatic carbocycles. The minimum atomic E-state index is -3.99. The number of fused-ring (bicyclic) bond motifs is 10. The Hall–Kier alpha value is -0.621. The van der Waals surface area contributed by atoms with E-state index >= 15 is 0 Å². The molecule has 8 heteroatoms. The van der Waals surface area contributed by atoms with Gasteiger partial charge < -0.3 is 0 Å². The predicted molar refractivity (Wildman–Crippen MR) is 191 cm³/mol. The first-order chi connectivity index (χ1) is 21.5. The van der Waals surface area contributed by atoms with E-state index in [1.807, 2.05) is 12.1 Å². The van der Waals surface area contributed by atoms with E-state index < -0.39 is 22.5 Å². The Morgan fingerprint density at radius 1 is 0.600 bits per heavy atom. The van der Waals surface area contributed by atoms with Gasteiger partial charge >= 0.3 is 279 Å². The minimum absolute atomic E-state index is 0.426. The summed E-state index contributed by atoms with van der Waals surface area (Å²) in [4.78, 5) is 9.39. The third kappa shape index (κ3) is 0.812. The van der Waals surface area contributed by atoms with Crippen LogP contribution in [-0.4, -0.2) is 21.8 Å². The normalized spacial score (nSPS) is 55.0. The summed E-state index contributed by atoms with van der Waals surface area (Å²) < 4.78 is 3.98. The molecule has 10 saturated heterocycles. The van der Waals surface area contributed by atoms with E-state index in [-0.39, 0.29) is 0 Å². The SMILES string of the molecule is C[C@@H](N(C)P(c1cc(Cl)cc(Cl)c1)c1cc(Cl)cc(Cl)c1)[C@@]12[CH]3[CH]4[CH]5[C]1(P(c1ccccc1)c1ccccc1)[Fe]45321678[CH]2[CH]1[CH]6[CH]7[CH]28. The van der Waals surface area contributed by atoms with E-state index in [4.69, 9.17) is 46.4 Å². The average Bonchev–Trinajstić information content (AvgIpc) is 3.96. The quantitative estimate of drug-likeness (QED) is 0.128. The van der Waals surface area contributed by atoms with Gasteiger partial charge in [-0.15, -0.1) is 0 Å². The van der Waals surface area contributed by atoms with Gasteiger partial charge in [-0.3, -0.25) is 0 Å². The first-order valence-electron chi connectivity index (χ1n) is 16.1. The van der Waals surface area contributed by atoms with Gasteiger partial charge in [-0.05, 0) is 0 Å². The van der Waals surface area contributed by atoms with Crippen LogP contribution in [0.5, 0.6) is 0 Å². The maximum absolute atomic E-state index is 6.71. The number of nitrogens with zero attached hydrogens (tertiary/aromatic N) is 1. The topological polar surface area (TPSA) is 3.24 Å². The summed E-state index contributed by atoms with van der Waals surface area (Å²) in [7, 11) is 1.04. The van der Waals surface area contributed by atoms with E-state index in [2.05, 4.69) is 104 Å². The van der Waals surface area contributed by atoms with Gasteiger partial charge in [0.05, 0.1) is 0 Å². The van der Waals surface area contributed by atoms with Crippen LogP contribution in [0.3, 0.4) is 0 Å². The van der Waals surface area contributed by atoms with E-state index in [1.165, 1.54) is 39.5 Å². The molecule has 4 unspecified atom stereocenters. The van der Waals surface area contributed by atoms with Crippen LogP contribution in [0.2, 0.25) is 62.9 Å². The van der Waals surface area contributed by atoms with Crippen molar-refractivity contribution in [2.45, 2.75) is 59.9 Å². The predicted octanol–water partition coefficient (Wildman–Crippen LogP) is 10.8. The van der Waals surface area contributed by atoms with E-state index in [0.29, 0.717) is 34.5 Å². The summed E-state index contributed by atoms with van der Waals surface area (Å²) in [5.74, 6) is 0. The molecule has 0 radical (unpaired) electrons. The molecule has 10 heterocycles. The summed E-state index contributed by atoms with van der Waals surface area (Å²) in [5, 5.41) is 8.40. The number of halogens is 4. The van der Waals surface area contributed by atoms with Crippen LogP contribution in [0.15, 0.2) is 97.1 Å². The Bertz CT molecular complexity index is 2350. The van der Waals surface area contributed by atoms with Gasteiger partial charge in [0, 0.05) is 0 Å². The Morgan fingerprint density at radius 3 is 1.40 bits per heavy atom. The van der Waals surface area contributed by atoms with Gasteiger partial charge in [-0.1, -0.05) is 0 Å². The third-order valence-electron chi connectivity index (χ3n) is 20.9. The number of hydrogen-bond donors (Lipinski definition) is 0. The summed E-state index contributed by atoms with van der Waals surface area (Å²) in [6, 6.07) is 36.4. The second kappa shape index (κ2) is 4.45. The standard InChI is InChI=1S/C32H26Cl4NP2.C5H5.Fe/c1-22(31-14-9-15-32(31)38(27-10-5-3-6-11-27)28-12-7-4-8-13-28)37(2)39(29-18-23(33)16-24(34)19-29)30-20-25(35)17-26(36)21-30;1-2-4-5-3-1;/h3-22H,1-2H3;1-5H;/t22-;;/m1../s1. The van der Waals surface area contributed by atoms with Crippen molar-refractivity contribution in [2.75, 3.05) is 7.05 Å². The Morgan fingerprint density at radius 2 is 1.02 bits per heavy atom. The van der Waals surface area contributed by atoms with Gasteiger partial charge in [-0.2, -0.15) is 0 Å². The molecule has 45 heavy (non-hydrogen) atoms. The molecule has 10 fully saturated rings. The van der Waals surface area contributed by atoms with Crippen molar-refractivity contribution >= 4 is 83.6 Å². The fourth-order valence-electron chi connectivity index (χ4n) is 22.4. The molecule has 14 rings (SSSR count). The molecule has 0 aromatic heterocycles. The molecule has 0 saturated carbocycles. The van der Waals surface area contributed by atoms with Crippen LogP contribution in [0.1, 0.15) is 6.92 Å². The summed E-state index contributed by atoms with van der Waals surface area (Å²) in [6.45, 7) is -1.32. The van der Waals surface area contributed by atoms with Crippen LogP contribution in [0.25, 0.3) is 0 Å². The fraction of sp³-hybridized carbons (Fsp3) is 0.351. The number of hydrogen-bond acceptors (Lipinski definition) is 1. The van der Waals surface area contributed by atoms with Crippen LogP contribution < -0.4 is 21.2 Å². The van der Waals surface area contributed by atoms with E-state index in [0.717, 1.165) is 9.63 Å². The van der Waals surface area contributed by atoms with Crippen molar-refractivity contribution in [3.05, 3.63) is 117 Å². The van der Waals surface area contributed by atoms with Crippen LogP contribution in [-0.2, 0) is 6.51 Å². The summed E-state index contributed by atoms with van der Waals surface area (Å²) in [5.41, 5.74) is 0. The Balaban J connectivity index is 1.02. The van der Waals surface area contributed by atoms with Crippen molar-refractivity contribution in [2.24, 2.45) is 0 Å². The zero-order valence-electron chi connectivity index (χ0n) is 24.6. The molecule has 1 nitrogen and oxygen atoms in total. The summed E-state index contributed by atoms with van der Waals surface area (Å²) in [6.07, 6.45) is 0. The van der Waals surface area contributed by atoms with Crippen molar-refractivity contribution < 1.29 is 6.51 Å². The Kier molecular flexibility index (Phi) is 2.51. The van der Waals surface area contributed by atoms with Crippen molar-refractivity contribution in [1.82, 2.24) is 4.67 Å². The molecule has 230 valence electrons. The third-order valence-corrected chi connectivity index (χ3v) is 74.4. The van der Waals surface area contributed by atoms with Crippen molar-refractivity contribution in [3.63, 3.8) is 0 Å². The number of rotatable bonds is 8. The zero-order chi connectivity index (χ0) is 30.2. The van der Waals surface area contributed by atoms with Crippen LogP contribution in [0, 0.1) is 0 Å². The molecule has 1 spiro atoms. The van der Waals surface area contributed by atoms with Crippen molar-refractivity contribution in [3.8, 4) is 0 Å². The molecule has 0 bridgehead atoms. The molecular weight excluding hydrogens is 718 g/mol. The second-order valence-corrected chi connectivity index (χ2v) is 47.7.